The summed E-state index contributed by atoms with van der Waals surface area (Å²) in [5, 5.41) is 3.53. The minimum absolute atomic E-state index is 0.0355. The molecule has 1 N–H and O–H groups in total. The third kappa shape index (κ3) is 5.26. The van der Waals surface area contributed by atoms with Crippen LogP contribution in [0.2, 0.25) is 0 Å². The maximum absolute atomic E-state index is 13.3. The summed E-state index contributed by atoms with van der Waals surface area (Å²) in [6.45, 7) is 8.09. The molecule has 2 atom stereocenters. The number of anilines is 1. The van der Waals surface area contributed by atoms with Crippen LogP contribution in [0.25, 0.3) is 0 Å². The molecule has 0 radical (unpaired) electrons. The van der Waals surface area contributed by atoms with Gasteiger partial charge in [-0.3, -0.25) is 9.69 Å². The highest BCUT2D eigenvalue weighted by atomic mass is 16.5. The highest BCUT2D eigenvalue weighted by molar-refractivity contribution is 5.94. The van der Waals surface area contributed by atoms with Crippen molar-refractivity contribution < 1.29 is 9.53 Å². The number of amides is 1. The van der Waals surface area contributed by atoms with Crippen molar-refractivity contribution in [2.45, 2.75) is 51.0 Å². The van der Waals surface area contributed by atoms with E-state index in [4.69, 9.17) is 4.74 Å². The largest absolute Gasteiger partial charge is 0.379 e. The lowest BCUT2D eigenvalue weighted by molar-refractivity contribution is 0.00152. The van der Waals surface area contributed by atoms with E-state index < -0.39 is 0 Å². The first kappa shape index (κ1) is 23.2. The standard InChI is InChI=1S/C27H37N5O2/c1-20-25(27(33)32-11-9-24(10-12-32)31-13-15-34-16-14-31)29-19-30-26(20)28-18-21-7-8-23(17-21)22-5-3-2-4-6-22/h2-6,19,21,23-24H,7-18H2,1H3,(H,28,29,30). The maximum atomic E-state index is 13.3. The van der Waals surface area contributed by atoms with Crippen LogP contribution in [0, 0.1) is 12.8 Å². The molecule has 3 fully saturated rings. The molecule has 1 aromatic carbocycles. The predicted octanol–water partition coefficient (Wildman–Crippen LogP) is 3.72. The number of nitrogens with zero attached hydrogens (tertiary/aromatic N) is 4. The molecule has 3 aliphatic rings. The molecule has 7 nitrogen and oxygen atoms in total. The Bertz CT molecular complexity index is 955. The number of hydrogen-bond acceptors (Lipinski definition) is 6. The lowest BCUT2D eigenvalue weighted by atomic mass is 9.96. The van der Waals surface area contributed by atoms with Gasteiger partial charge in [-0.05, 0) is 56.4 Å². The monoisotopic (exact) mass is 463 g/mol. The minimum Gasteiger partial charge on any atom is -0.379 e. The third-order valence-corrected chi connectivity index (χ3v) is 7.97. The zero-order valence-corrected chi connectivity index (χ0v) is 20.3. The Morgan fingerprint density at radius 2 is 1.79 bits per heavy atom. The lowest BCUT2D eigenvalue weighted by Gasteiger charge is -2.40. The minimum atomic E-state index is 0.0355. The van der Waals surface area contributed by atoms with Crippen LogP contribution < -0.4 is 5.32 Å². The molecule has 34 heavy (non-hydrogen) atoms. The number of aromatic nitrogens is 2. The summed E-state index contributed by atoms with van der Waals surface area (Å²) < 4.78 is 5.48. The van der Waals surface area contributed by atoms with E-state index >= 15 is 0 Å². The van der Waals surface area contributed by atoms with Crippen molar-refractivity contribution in [1.82, 2.24) is 19.8 Å². The Kier molecular flexibility index (Phi) is 7.40. The van der Waals surface area contributed by atoms with Crippen LogP contribution in [0.15, 0.2) is 36.7 Å². The van der Waals surface area contributed by atoms with Gasteiger partial charge in [-0.1, -0.05) is 30.3 Å². The van der Waals surface area contributed by atoms with Gasteiger partial charge in [-0.15, -0.1) is 0 Å². The van der Waals surface area contributed by atoms with Crippen molar-refractivity contribution in [3.05, 3.63) is 53.5 Å². The fourth-order valence-electron chi connectivity index (χ4n) is 5.90. The predicted molar refractivity (Wildman–Crippen MR) is 133 cm³/mol. The van der Waals surface area contributed by atoms with E-state index in [1.54, 1.807) is 0 Å². The molecule has 5 rings (SSSR count). The van der Waals surface area contributed by atoms with Gasteiger partial charge in [0.25, 0.3) is 5.91 Å². The van der Waals surface area contributed by atoms with Crippen molar-refractivity contribution >= 4 is 11.7 Å². The molecule has 2 saturated heterocycles. The first-order valence-corrected chi connectivity index (χ1v) is 12.9. The van der Waals surface area contributed by atoms with E-state index in [-0.39, 0.29) is 5.91 Å². The molecule has 3 heterocycles. The molecular formula is C27H37N5O2. The molecule has 1 amide bonds. The molecule has 1 aromatic heterocycles. The van der Waals surface area contributed by atoms with E-state index in [0.717, 1.165) is 70.2 Å². The summed E-state index contributed by atoms with van der Waals surface area (Å²) >= 11 is 0. The number of hydrogen-bond donors (Lipinski definition) is 1. The summed E-state index contributed by atoms with van der Waals surface area (Å²) in [5.41, 5.74) is 2.85. The number of carbonyl (C=O) groups excluding carboxylic acids is 1. The van der Waals surface area contributed by atoms with Crippen molar-refractivity contribution in [1.29, 1.82) is 0 Å². The van der Waals surface area contributed by atoms with Gasteiger partial charge in [0.2, 0.25) is 0 Å². The normalized spacial score (nSPS) is 24.3. The summed E-state index contributed by atoms with van der Waals surface area (Å²) in [4.78, 5) is 26.6. The number of rotatable bonds is 6. The number of piperidine rings is 1. The van der Waals surface area contributed by atoms with Gasteiger partial charge in [0.1, 0.15) is 17.8 Å². The average Bonchev–Trinajstić information content (AvgIpc) is 3.38. The Morgan fingerprint density at radius 3 is 2.56 bits per heavy atom. The SMILES string of the molecule is Cc1c(NCC2CCC(c3ccccc3)C2)ncnc1C(=O)N1CCC(N2CCOCC2)CC1. The molecular weight excluding hydrogens is 426 g/mol. The smallest absolute Gasteiger partial charge is 0.272 e. The molecule has 2 unspecified atom stereocenters. The van der Waals surface area contributed by atoms with Crippen LogP contribution in [0.4, 0.5) is 5.82 Å². The second kappa shape index (κ2) is 10.8. The highest BCUT2D eigenvalue weighted by Gasteiger charge is 2.30. The van der Waals surface area contributed by atoms with Crippen molar-refractivity contribution in [2.24, 2.45) is 5.92 Å². The van der Waals surface area contributed by atoms with Gasteiger partial charge >= 0.3 is 0 Å². The molecule has 2 aliphatic heterocycles. The second-order valence-electron chi connectivity index (χ2n) is 10.0. The quantitative estimate of drug-likeness (QED) is 0.704. The highest BCUT2D eigenvalue weighted by Crippen LogP contribution is 2.38. The number of ether oxygens (including phenoxy) is 1. The van der Waals surface area contributed by atoms with Crippen LogP contribution in [0.1, 0.15) is 59.6 Å². The van der Waals surface area contributed by atoms with Crippen LogP contribution in [-0.2, 0) is 4.74 Å². The molecule has 0 spiro atoms. The topological polar surface area (TPSA) is 70.6 Å². The van der Waals surface area contributed by atoms with Gasteiger partial charge in [0.15, 0.2) is 0 Å². The van der Waals surface area contributed by atoms with Crippen molar-refractivity contribution in [2.75, 3.05) is 51.3 Å². The molecule has 2 aromatic rings. The van der Waals surface area contributed by atoms with Gasteiger partial charge < -0.3 is 15.0 Å². The van der Waals surface area contributed by atoms with Gasteiger partial charge in [0, 0.05) is 44.3 Å². The van der Waals surface area contributed by atoms with Crippen LogP contribution in [0.5, 0.6) is 0 Å². The van der Waals surface area contributed by atoms with E-state index in [9.17, 15) is 4.79 Å². The van der Waals surface area contributed by atoms with Crippen LogP contribution in [-0.4, -0.2) is 77.7 Å². The summed E-state index contributed by atoms with van der Waals surface area (Å²) in [6, 6.07) is 11.4. The average molecular weight is 464 g/mol. The summed E-state index contributed by atoms with van der Waals surface area (Å²) in [5.74, 6) is 2.10. The van der Waals surface area contributed by atoms with Crippen LogP contribution in [0.3, 0.4) is 0 Å². The second-order valence-corrected chi connectivity index (χ2v) is 10.0. The van der Waals surface area contributed by atoms with E-state index in [0.29, 0.717) is 23.6 Å². The summed E-state index contributed by atoms with van der Waals surface area (Å²) in [6.07, 6.45) is 7.23. The number of nitrogens with one attached hydrogen (secondary N) is 1. The molecule has 7 heteroatoms. The van der Waals surface area contributed by atoms with Crippen molar-refractivity contribution in [3.63, 3.8) is 0 Å². The number of benzene rings is 1. The first-order valence-electron chi connectivity index (χ1n) is 12.9. The zero-order chi connectivity index (χ0) is 23.3. The first-order chi connectivity index (χ1) is 16.7. The van der Waals surface area contributed by atoms with Gasteiger partial charge in [-0.25, -0.2) is 9.97 Å². The Hall–Kier alpha value is -2.51. The Morgan fingerprint density at radius 1 is 1.03 bits per heavy atom. The lowest BCUT2D eigenvalue weighted by Crippen LogP contribution is -2.50. The van der Waals surface area contributed by atoms with Gasteiger partial charge in [0.05, 0.1) is 13.2 Å². The summed E-state index contributed by atoms with van der Waals surface area (Å²) in [7, 11) is 0. The van der Waals surface area contributed by atoms with E-state index in [2.05, 4.69) is 50.5 Å². The zero-order valence-electron chi connectivity index (χ0n) is 20.3. The van der Waals surface area contributed by atoms with Gasteiger partial charge in [-0.2, -0.15) is 0 Å². The van der Waals surface area contributed by atoms with Crippen LogP contribution >= 0.6 is 0 Å². The fourth-order valence-corrected chi connectivity index (χ4v) is 5.90. The molecule has 1 saturated carbocycles. The molecule has 0 bridgehead atoms. The third-order valence-electron chi connectivity index (χ3n) is 7.97. The number of carbonyl (C=O) groups is 1. The Labute approximate surface area is 202 Å². The van der Waals surface area contributed by atoms with Crippen molar-refractivity contribution in [3.8, 4) is 0 Å². The molecule has 1 aliphatic carbocycles. The fraction of sp³-hybridized carbons (Fsp3) is 0.593. The number of morpholine rings is 1. The molecule has 182 valence electrons. The van der Waals surface area contributed by atoms with E-state index in [1.165, 1.54) is 31.2 Å². The number of likely N-dealkylation sites (tertiary alicyclic amines) is 1. The van der Waals surface area contributed by atoms with E-state index in [1.807, 2.05) is 11.8 Å². The maximum Gasteiger partial charge on any atom is 0.272 e. The Balaban J connectivity index is 1.15.